The smallest absolute Gasteiger partial charge is 0.272 e. The van der Waals surface area contributed by atoms with Gasteiger partial charge in [0.1, 0.15) is 11.4 Å². The van der Waals surface area contributed by atoms with Gasteiger partial charge in [-0.25, -0.2) is 4.98 Å². The van der Waals surface area contributed by atoms with E-state index >= 15 is 0 Å². The second-order valence-electron chi connectivity index (χ2n) is 11.5. The van der Waals surface area contributed by atoms with Crippen LogP contribution in [0.3, 0.4) is 0 Å². The molecular formula is C29H39N3O2. The normalized spacial score (nSPS) is 22.1. The van der Waals surface area contributed by atoms with E-state index in [0.29, 0.717) is 17.0 Å². The van der Waals surface area contributed by atoms with Gasteiger partial charge in [-0.05, 0) is 98.2 Å². The van der Waals surface area contributed by atoms with Crippen molar-refractivity contribution in [2.24, 2.45) is 11.3 Å². The number of ether oxygens (including phenoxy) is 1. The molecule has 0 bridgehead atoms. The molecule has 0 radical (unpaired) electrons. The van der Waals surface area contributed by atoms with E-state index in [-0.39, 0.29) is 11.9 Å². The lowest BCUT2D eigenvalue weighted by Gasteiger charge is -2.37. The van der Waals surface area contributed by atoms with Gasteiger partial charge in [0.05, 0.1) is 12.8 Å². The number of fused-ring (bicyclic) bond motifs is 1. The maximum atomic E-state index is 13.1. The number of likely N-dealkylation sites (N-methyl/N-ethyl adjacent to an activating group) is 1. The van der Waals surface area contributed by atoms with Gasteiger partial charge in [-0.1, -0.05) is 32.0 Å². The van der Waals surface area contributed by atoms with Gasteiger partial charge in [-0.2, -0.15) is 0 Å². The predicted octanol–water partition coefficient (Wildman–Crippen LogP) is 5.12. The van der Waals surface area contributed by atoms with Crippen LogP contribution in [0.4, 0.5) is 0 Å². The molecule has 2 heterocycles. The SMILES string of the molecule is CN(C(=O)c1ccc(OCC2CC2)cn1)[C@H]1CCc2cc(CN3CCC(C)(C)CC3)ccc2C1. The van der Waals surface area contributed by atoms with Crippen molar-refractivity contribution in [3.63, 3.8) is 0 Å². The molecule has 5 rings (SSSR count). The van der Waals surface area contributed by atoms with Gasteiger partial charge in [-0.15, -0.1) is 0 Å². The van der Waals surface area contributed by atoms with E-state index in [4.69, 9.17) is 4.74 Å². The molecule has 1 atom stereocenters. The molecule has 1 saturated carbocycles. The van der Waals surface area contributed by atoms with Crippen LogP contribution in [0.25, 0.3) is 0 Å². The van der Waals surface area contributed by atoms with Gasteiger partial charge >= 0.3 is 0 Å². The molecule has 0 spiro atoms. The number of carbonyl (C=O) groups excluding carboxylic acids is 1. The minimum absolute atomic E-state index is 0.00756. The summed E-state index contributed by atoms with van der Waals surface area (Å²) >= 11 is 0. The van der Waals surface area contributed by atoms with Crippen LogP contribution in [0.1, 0.15) is 73.1 Å². The van der Waals surface area contributed by atoms with Crippen molar-refractivity contribution >= 4 is 5.91 Å². The summed E-state index contributed by atoms with van der Waals surface area (Å²) in [6.07, 6.45) is 9.72. The first-order valence-corrected chi connectivity index (χ1v) is 13.1. The first kappa shape index (κ1) is 23.3. The summed E-state index contributed by atoms with van der Waals surface area (Å²) in [7, 11) is 1.92. The molecule has 0 N–H and O–H groups in total. The third-order valence-corrected chi connectivity index (χ3v) is 8.10. The van der Waals surface area contributed by atoms with Gasteiger partial charge < -0.3 is 9.64 Å². The number of aryl methyl sites for hydroxylation is 1. The highest BCUT2D eigenvalue weighted by Crippen LogP contribution is 2.32. The number of rotatable bonds is 7. The highest BCUT2D eigenvalue weighted by molar-refractivity contribution is 5.92. The Morgan fingerprint density at radius 2 is 1.91 bits per heavy atom. The summed E-state index contributed by atoms with van der Waals surface area (Å²) < 4.78 is 5.76. The van der Waals surface area contributed by atoms with Crippen molar-refractivity contribution in [3.05, 3.63) is 58.9 Å². The summed E-state index contributed by atoms with van der Waals surface area (Å²) in [4.78, 5) is 22.0. The summed E-state index contributed by atoms with van der Waals surface area (Å²) in [6.45, 7) is 8.97. The maximum Gasteiger partial charge on any atom is 0.272 e. The minimum atomic E-state index is -0.00756. The number of benzene rings is 1. The van der Waals surface area contributed by atoms with Crippen LogP contribution in [0, 0.1) is 11.3 Å². The number of hydrogen-bond donors (Lipinski definition) is 0. The Bertz CT molecular complexity index is 1000. The fraction of sp³-hybridized carbons (Fsp3) is 0.586. The summed E-state index contributed by atoms with van der Waals surface area (Å²) in [5, 5.41) is 0. The van der Waals surface area contributed by atoms with E-state index in [1.54, 1.807) is 12.3 Å². The zero-order valence-electron chi connectivity index (χ0n) is 21.1. The molecule has 182 valence electrons. The second-order valence-corrected chi connectivity index (χ2v) is 11.5. The number of nitrogens with zero attached hydrogens (tertiary/aromatic N) is 3. The molecule has 5 nitrogen and oxygen atoms in total. The van der Waals surface area contributed by atoms with Gasteiger partial charge in [0.25, 0.3) is 5.91 Å². The Kier molecular flexibility index (Phi) is 6.65. The third kappa shape index (κ3) is 5.63. The minimum Gasteiger partial charge on any atom is -0.492 e. The highest BCUT2D eigenvalue weighted by Gasteiger charge is 2.28. The molecule has 0 unspecified atom stereocenters. The summed E-state index contributed by atoms with van der Waals surface area (Å²) in [6, 6.07) is 10.9. The van der Waals surface area contributed by atoms with Crippen LogP contribution in [-0.4, -0.2) is 53.5 Å². The number of amides is 1. The van der Waals surface area contributed by atoms with Crippen molar-refractivity contribution in [2.45, 2.75) is 71.4 Å². The zero-order valence-corrected chi connectivity index (χ0v) is 21.1. The van der Waals surface area contributed by atoms with Crippen molar-refractivity contribution in [2.75, 3.05) is 26.7 Å². The highest BCUT2D eigenvalue weighted by atomic mass is 16.5. The lowest BCUT2D eigenvalue weighted by atomic mass is 9.82. The van der Waals surface area contributed by atoms with E-state index in [9.17, 15) is 4.79 Å². The molecule has 2 aliphatic carbocycles. The molecule has 2 aromatic rings. The topological polar surface area (TPSA) is 45.7 Å². The number of aromatic nitrogens is 1. The van der Waals surface area contributed by atoms with Gasteiger partial charge in [-0.3, -0.25) is 9.69 Å². The van der Waals surface area contributed by atoms with Gasteiger partial charge in [0.2, 0.25) is 0 Å². The summed E-state index contributed by atoms with van der Waals surface area (Å²) in [5.74, 6) is 1.45. The predicted molar refractivity (Wildman–Crippen MR) is 135 cm³/mol. The van der Waals surface area contributed by atoms with E-state index in [1.807, 2.05) is 18.0 Å². The van der Waals surface area contributed by atoms with E-state index in [0.717, 1.165) is 38.2 Å². The Balaban J connectivity index is 1.16. The van der Waals surface area contributed by atoms with Crippen LogP contribution in [0.15, 0.2) is 36.5 Å². The molecular weight excluding hydrogens is 422 g/mol. The van der Waals surface area contributed by atoms with Crippen LogP contribution in [0.2, 0.25) is 0 Å². The maximum absolute atomic E-state index is 13.1. The van der Waals surface area contributed by atoms with Crippen molar-refractivity contribution in [1.29, 1.82) is 0 Å². The Hall–Kier alpha value is -2.40. The quantitative estimate of drug-likeness (QED) is 0.574. The number of hydrogen-bond acceptors (Lipinski definition) is 4. The van der Waals surface area contributed by atoms with Crippen LogP contribution in [0.5, 0.6) is 5.75 Å². The first-order chi connectivity index (χ1) is 16.4. The number of piperidine rings is 1. The Labute approximate surface area is 204 Å². The monoisotopic (exact) mass is 461 g/mol. The zero-order chi connectivity index (χ0) is 23.7. The van der Waals surface area contributed by atoms with Gasteiger partial charge in [0.15, 0.2) is 0 Å². The largest absolute Gasteiger partial charge is 0.492 e. The van der Waals surface area contributed by atoms with Crippen molar-refractivity contribution in [3.8, 4) is 5.75 Å². The van der Waals surface area contributed by atoms with Gasteiger partial charge in [0, 0.05) is 19.6 Å². The lowest BCUT2D eigenvalue weighted by Crippen LogP contribution is -2.41. The van der Waals surface area contributed by atoms with Crippen LogP contribution < -0.4 is 4.74 Å². The molecule has 1 amide bonds. The first-order valence-electron chi connectivity index (χ1n) is 13.1. The number of pyridine rings is 1. The van der Waals surface area contributed by atoms with Crippen LogP contribution >= 0.6 is 0 Å². The average Bonchev–Trinajstić information content (AvgIpc) is 3.68. The Morgan fingerprint density at radius 1 is 1.12 bits per heavy atom. The molecule has 34 heavy (non-hydrogen) atoms. The van der Waals surface area contributed by atoms with Crippen molar-refractivity contribution in [1.82, 2.24) is 14.8 Å². The Morgan fingerprint density at radius 3 is 2.62 bits per heavy atom. The average molecular weight is 462 g/mol. The molecule has 2 fully saturated rings. The number of carbonyl (C=O) groups is 1. The molecule has 3 aliphatic rings. The fourth-order valence-electron chi connectivity index (χ4n) is 5.23. The van der Waals surface area contributed by atoms with E-state index < -0.39 is 0 Å². The molecule has 5 heteroatoms. The molecule has 1 aliphatic heterocycles. The van der Waals surface area contributed by atoms with E-state index in [1.165, 1.54) is 55.5 Å². The fourth-order valence-corrected chi connectivity index (χ4v) is 5.23. The second kappa shape index (κ2) is 9.69. The van der Waals surface area contributed by atoms with Crippen molar-refractivity contribution < 1.29 is 9.53 Å². The molecule has 1 aromatic carbocycles. The number of likely N-dealkylation sites (tertiary alicyclic amines) is 1. The molecule has 1 saturated heterocycles. The lowest BCUT2D eigenvalue weighted by molar-refractivity contribution is 0.0712. The van der Waals surface area contributed by atoms with E-state index in [2.05, 4.69) is 41.9 Å². The third-order valence-electron chi connectivity index (χ3n) is 8.10. The summed E-state index contributed by atoms with van der Waals surface area (Å²) in [5.41, 5.74) is 5.26. The standard InChI is InChI=1S/C29H39N3O2/c1-29(2)12-14-32(15-13-29)19-22-6-7-24-17-25(9-8-23(24)16-22)31(3)28(33)27-11-10-26(18-30-27)34-20-21-4-5-21/h6-7,10-11,16,18,21,25H,4-5,8-9,12-15,17,19-20H2,1-3H3/t25-/m0/s1. The molecule has 1 aromatic heterocycles. The van der Waals surface area contributed by atoms with Crippen LogP contribution in [-0.2, 0) is 19.4 Å².